The Morgan fingerprint density at radius 2 is 1.44 bits per heavy atom. The summed E-state index contributed by atoms with van der Waals surface area (Å²) in [6.07, 6.45) is 0. The van der Waals surface area contributed by atoms with E-state index < -0.39 is 0 Å². The molecule has 0 fully saturated rings. The van der Waals surface area contributed by atoms with Crippen LogP contribution in [0.3, 0.4) is 0 Å². The molecule has 2 nitrogen and oxygen atoms in total. The van der Waals surface area contributed by atoms with Crippen LogP contribution in [0, 0.1) is 33.1 Å². The van der Waals surface area contributed by atoms with Gasteiger partial charge in [0.1, 0.15) is 0 Å². The van der Waals surface area contributed by atoms with Gasteiger partial charge in [-0.2, -0.15) is 0 Å². The molecular formula is C14H22N2. The Morgan fingerprint density at radius 1 is 1.00 bits per heavy atom. The van der Waals surface area contributed by atoms with Gasteiger partial charge in [0, 0.05) is 17.3 Å². The van der Waals surface area contributed by atoms with Gasteiger partial charge in [-0.1, -0.05) is 6.92 Å². The third-order valence-corrected chi connectivity index (χ3v) is 3.87. The van der Waals surface area contributed by atoms with Crippen molar-refractivity contribution in [1.82, 2.24) is 0 Å². The molecule has 0 saturated heterocycles. The topological polar surface area (TPSA) is 49.9 Å². The number of hydrogen-bond acceptors (Lipinski definition) is 2. The standard InChI is InChI=1S/C14H22N2/c1-7-8(2)10(4)14(16)13(9(7)3)11(5)12(6)15/h11,15H,16H2,1-6H3. The number of nitrogens with two attached hydrogens (primary N) is 1. The molecule has 0 aromatic heterocycles. The molecule has 1 aromatic carbocycles. The van der Waals surface area contributed by atoms with Gasteiger partial charge >= 0.3 is 0 Å². The molecule has 0 bridgehead atoms. The van der Waals surface area contributed by atoms with Crippen molar-refractivity contribution in [3.05, 3.63) is 27.8 Å². The number of nitrogen functional groups attached to an aromatic ring is 1. The maximum atomic E-state index is 7.77. The van der Waals surface area contributed by atoms with Gasteiger partial charge in [0.05, 0.1) is 0 Å². The van der Waals surface area contributed by atoms with E-state index in [2.05, 4.69) is 34.6 Å². The summed E-state index contributed by atoms with van der Waals surface area (Å²) in [5, 5.41) is 7.77. The lowest BCUT2D eigenvalue weighted by Crippen LogP contribution is -2.12. The van der Waals surface area contributed by atoms with Crippen LogP contribution in [-0.4, -0.2) is 5.71 Å². The first kappa shape index (κ1) is 12.8. The molecule has 88 valence electrons. The molecule has 0 aliphatic carbocycles. The minimum Gasteiger partial charge on any atom is -0.398 e. The van der Waals surface area contributed by atoms with Gasteiger partial charge in [0.15, 0.2) is 0 Å². The predicted molar refractivity (Wildman–Crippen MR) is 71.6 cm³/mol. The van der Waals surface area contributed by atoms with Gasteiger partial charge in [-0.15, -0.1) is 0 Å². The molecule has 1 unspecified atom stereocenters. The molecule has 1 aromatic rings. The number of hydrogen-bond donors (Lipinski definition) is 2. The summed E-state index contributed by atoms with van der Waals surface area (Å²) in [7, 11) is 0. The molecule has 1 atom stereocenters. The molecule has 3 N–H and O–H groups in total. The lowest BCUT2D eigenvalue weighted by molar-refractivity contribution is 0.973. The zero-order chi connectivity index (χ0) is 12.6. The van der Waals surface area contributed by atoms with Gasteiger partial charge < -0.3 is 11.1 Å². The van der Waals surface area contributed by atoms with Gasteiger partial charge in [-0.3, -0.25) is 0 Å². The maximum Gasteiger partial charge on any atom is 0.0388 e. The van der Waals surface area contributed by atoms with Crippen LogP contribution in [0.4, 0.5) is 5.69 Å². The largest absolute Gasteiger partial charge is 0.398 e. The molecule has 16 heavy (non-hydrogen) atoms. The minimum absolute atomic E-state index is 0.109. The summed E-state index contributed by atoms with van der Waals surface area (Å²) >= 11 is 0. The second-order valence-electron chi connectivity index (χ2n) is 4.73. The Balaban J connectivity index is 3.57. The summed E-state index contributed by atoms with van der Waals surface area (Å²) in [6, 6.07) is 0. The van der Waals surface area contributed by atoms with E-state index in [0.717, 1.165) is 16.8 Å². The van der Waals surface area contributed by atoms with Crippen LogP contribution in [0.5, 0.6) is 0 Å². The van der Waals surface area contributed by atoms with Crippen LogP contribution < -0.4 is 5.73 Å². The minimum atomic E-state index is 0.109. The predicted octanol–water partition coefficient (Wildman–Crippen LogP) is 3.65. The Bertz CT molecular complexity index is 416. The fraction of sp³-hybridized carbons (Fsp3) is 0.500. The molecule has 0 spiro atoms. The quantitative estimate of drug-likeness (QED) is 0.578. The summed E-state index contributed by atoms with van der Waals surface area (Å²) in [5.74, 6) is 0.109. The second kappa shape index (κ2) is 4.28. The first-order valence-corrected chi connectivity index (χ1v) is 5.69. The van der Waals surface area contributed by atoms with Crippen molar-refractivity contribution in [1.29, 1.82) is 5.41 Å². The van der Waals surface area contributed by atoms with Gasteiger partial charge in [-0.05, 0) is 62.4 Å². The Kier molecular flexibility index (Phi) is 3.41. The highest BCUT2D eigenvalue weighted by atomic mass is 14.6. The van der Waals surface area contributed by atoms with Crippen LogP contribution in [0.2, 0.25) is 0 Å². The van der Waals surface area contributed by atoms with Gasteiger partial charge in [0.25, 0.3) is 0 Å². The van der Waals surface area contributed by atoms with E-state index in [4.69, 9.17) is 11.1 Å². The fourth-order valence-electron chi connectivity index (χ4n) is 2.15. The van der Waals surface area contributed by atoms with E-state index in [1.807, 2.05) is 6.92 Å². The van der Waals surface area contributed by atoms with Gasteiger partial charge in [0.2, 0.25) is 0 Å². The normalized spacial score (nSPS) is 12.6. The van der Waals surface area contributed by atoms with Crippen molar-refractivity contribution in [3.63, 3.8) is 0 Å². The summed E-state index contributed by atoms with van der Waals surface area (Å²) in [6.45, 7) is 12.3. The average molecular weight is 218 g/mol. The van der Waals surface area contributed by atoms with E-state index in [9.17, 15) is 0 Å². The molecule has 0 radical (unpaired) electrons. The highest BCUT2D eigenvalue weighted by Crippen LogP contribution is 2.34. The van der Waals surface area contributed by atoms with Crippen LogP contribution in [-0.2, 0) is 0 Å². The van der Waals surface area contributed by atoms with Crippen molar-refractivity contribution < 1.29 is 0 Å². The van der Waals surface area contributed by atoms with E-state index in [-0.39, 0.29) is 5.92 Å². The molecular weight excluding hydrogens is 196 g/mol. The number of rotatable bonds is 2. The van der Waals surface area contributed by atoms with Crippen LogP contribution >= 0.6 is 0 Å². The maximum absolute atomic E-state index is 7.77. The fourth-order valence-corrected chi connectivity index (χ4v) is 2.15. The monoisotopic (exact) mass is 218 g/mol. The molecule has 0 saturated carbocycles. The second-order valence-corrected chi connectivity index (χ2v) is 4.73. The Morgan fingerprint density at radius 3 is 1.88 bits per heavy atom. The first-order chi connectivity index (χ1) is 7.29. The molecule has 1 rings (SSSR count). The average Bonchev–Trinajstić information content (AvgIpc) is 2.23. The molecule has 2 heteroatoms. The van der Waals surface area contributed by atoms with Gasteiger partial charge in [-0.25, -0.2) is 0 Å². The lowest BCUT2D eigenvalue weighted by Gasteiger charge is -2.22. The number of benzene rings is 1. The Hall–Kier alpha value is -1.31. The third-order valence-electron chi connectivity index (χ3n) is 3.87. The van der Waals surface area contributed by atoms with Crippen LogP contribution in [0.15, 0.2) is 0 Å². The molecule has 0 aliphatic heterocycles. The van der Waals surface area contributed by atoms with E-state index >= 15 is 0 Å². The van der Waals surface area contributed by atoms with E-state index in [1.165, 1.54) is 16.7 Å². The molecule has 0 amide bonds. The zero-order valence-corrected chi connectivity index (χ0v) is 11.2. The summed E-state index contributed by atoms with van der Waals surface area (Å²) in [4.78, 5) is 0. The highest BCUT2D eigenvalue weighted by molar-refractivity contribution is 5.88. The Labute approximate surface area is 98.4 Å². The number of nitrogens with one attached hydrogen (secondary N) is 1. The molecule has 0 heterocycles. The molecule has 0 aliphatic rings. The number of anilines is 1. The van der Waals surface area contributed by atoms with Crippen molar-refractivity contribution in [2.75, 3.05) is 5.73 Å². The van der Waals surface area contributed by atoms with E-state index in [0.29, 0.717) is 5.71 Å². The van der Waals surface area contributed by atoms with E-state index in [1.54, 1.807) is 0 Å². The zero-order valence-electron chi connectivity index (χ0n) is 11.2. The van der Waals surface area contributed by atoms with Crippen molar-refractivity contribution >= 4 is 11.4 Å². The summed E-state index contributed by atoms with van der Waals surface area (Å²) < 4.78 is 0. The SMILES string of the molecule is CC(=N)C(C)c1c(C)c(C)c(C)c(C)c1N. The summed E-state index contributed by atoms with van der Waals surface area (Å²) in [5.41, 5.74) is 13.8. The van der Waals surface area contributed by atoms with Crippen molar-refractivity contribution in [3.8, 4) is 0 Å². The van der Waals surface area contributed by atoms with Crippen LogP contribution in [0.1, 0.15) is 47.6 Å². The van der Waals surface area contributed by atoms with Crippen molar-refractivity contribution in [2.45, 2.75) is 47.5 Å². The van der Waals surface area contributed by atoms with Crippen LogP contribution in [0.25, 0.3) is 0 Å². The first-order valence-electron chi connectivity index (χ1n) is 5.69. The van der Waals surface area contributed by atoms with Crippen molar-refractivity contribution in [2.24, 2.45) is 0 Å². The lowest BCUT2D eigenvalue weighted by atomic mass is 9.85. The third kappa shape index (κ3) is 1.84. The highest BCUT2D eigenvalue weighted by Gasteiger charge is 2.18. The smallest absolute Gasteiger partial charge is 0.0388 e.